The Balaban J connectivity index is 1.23. The number of anilines is 3. The molecule has 0 bridgehead atoms. The van der Waals surface area contributed by atoms with Crippen LogP contribution in [0, 0.1) is 6.92 Å². The Morgan fingerprint density at radius 2 is 1.91 bits per heavy atom. The molecule has 44 heavy (non-hydrogen) atoms. The van der Waals surface area contributed by atoms with Crippen molar-refractivity contribution in [3.05, 3.63) is 71.2 Å². The number of aryl methyl sites for hydroxylation is 1. The minimum atomic E-state index is -3.25. The lowest BCUT2D eigenvalue weighted by Crippen LogP contribution is -2.49. The molecule has 2 aromatic heterocycles. The number of nitrogens with one attached hydrogen (secondary N) is 2. The monoisotopic (exact) mass is 633 g/mol. The molecule has 1 atom stereocenters. The Morgan fingerprint density at radius 3 is 2.66 bits per heavy atom. The molecule has 4 heterocycles. The highest BCUT2D eigenvalue weighted by atomic mass is 32.2. The maximum atomic E-state index is 13.6. The van der Waals surface area contributed by atoms with Crippen molar-refractivity contribution in [2.24, 2.45) is 0 Å². The smallest absolute Gasteiger partial charge is 0.331 e. The lowest BCUT2D eigenvalue weighted by atomic mass is 10.0. The van der Waals surface area contributed by atoms with Crippen LogP contribution in [0.5, 0.6) is 11.5 Å². The number of amides is 4. The maximum absolute atomic E-state index is 13.6. The number of aromatic nitrogens is 1. The van der Waals surface area contributed by atoms with Crippen molar-refractivity contribution >= 4 is 66.3 Å². The maximum Gasteiger partial charge on any atom is 0.331 e. The van der Waals surface area contributed by atoms with Crippen molar-refractivity contribution in [1.82, 2.24) is 15.2 Å². The molecule has 2 aliphatic heterocycles. The third kappa shape index (κ3) is 6.10. The molecular formula is C31H31N5O6S2. The number of para-hydroxylation sites is 1. The molecule has 4 aromatic rings. The van der Waals surface area contributed by atoms with Crippen LogP contribution in [0.15, 0.2) is 60.8 Å². The standard InChI is InChI=1S/C31H31N5O6S2/c1-19-17-22(42-21-8-4-3-5-9-21)10-11-23(19)36-24-12-14-32-30-26(24)27(34-31(36)39)28(43-30)29(38)33-20-7-6-15-35(18-20)25(37)13-16-44(2,40)41/h3-5,8-12,14,17,20H,6-7,13,15-16,18H2,1-2H3,(H,33,38)(H,34,39)/t20-/m1/s1. The average molecular weight is 634 g/mol. The lowest BCUT2D eigenvalue weighted by Gasteiger charge is -2.33. The van der Waals surface area contributed by atoms with Gasteiger partial charge in [0.1, 0.15) is 31.0 Å². The number of hydrogen-bond acceptors (Lipinski definition) is 8. The number of sulfone groups is 1. The molecule has 0 saturated carbocycles. The normalized spacial score (nSPS) is 16.5. The largest absolute Gasteiger partial charge is 0.457 e. The van der Waals surface area contributed by atoms with E-state index in [0.29, 0.717) is 69.6 Å². The average Bonchev–Trinajstić information content (AvgIpc) is 3.36. The van der Waals surface area contributed by atoms with Crippen LogP contribution in [0.1, 0.15) is 34.5 Å². The van der Waals surface area contributed by atoms with Crippen LogP contribution >= 0.6 is 11.3 Å². The van der Waals surface area contributed by atoms with Gasteiger partial charge in [0.2, 0.25) is 5.91 Å². The van der Waals surface area contributed by atoms with E-state index in [1.165, 1.54) is 11.3 Å². The number of nitrogens with zero attached hydrogens (tertiary/aromatic N) is 3. The Bertz CT molecular complexity index is 1880. The summed E-state index contributed by atoms with van der Waals surface area (Å²) < 4.78 is 29.0. The topological polar surface area (TPSA) is 138 Å². The number of hydrogen-bond donors (Lipinski definition) is 2. The number of carbonyl (C=O) groups is 3. The molecule has 0 unspecified atom stereocenters. The SMILES string of the molecule is Cc1cc(Oc2ccccc2)ccc1N1C(=O)Nc2c(C(=O)N[C@@H]3CCCN(C(=O)CCS(C)(=O)=O)C3)sc3nccc1c23. The molecule has 13 heteroatoms. The summed E-state index contributed by atoms with van der Waals surface area (Å²) in [6, 6.07) is 16.0. The van der Waals surface area contributed by atoms with Gasteiger partial charge in [0.25, 0.3) is 5.91 Å². The van der Waals surface area contributed by atoms with E-state index < -0.39 is 15.9 Å². The zero-order valence-electron chi connectivity index (χ0n) is 24.2. The van der Waals surface area contributed by atoms with Gasteiger partial charge in [-0.2, -0.15) is 0 Å². The fourth-order valence-electron chi connectivity index (χ4n) is 5.55. The fraction of sp³-hybridized carbons (Fsp3) is 0.290. The zero-order valence-corrected chi connectivity index (χ0v) is 25.8. The first-order valence-corrected chi connectivity index (χ1v) is 17.1. The van der Waals surface area contributed by atoms with E-state index in [1.54, 1.807) is 22.1 Å². The van der Waals surface area contributed by atoms with E-state index in [9.17, 15) is 22.8 Å². The molecule has 1 fully saturated rings. The summed E-state index contributed by atoms with van der Waals surface area (Å²) in [6.45, 7) is 2.71. The summed E-state index contributed by atoms with van der Waals surface area (Å²) in [5.41, 5.74) is 2.51. The van der Waals surface area contributed by atoms with Crippen LogP contribution in [0.4, 0.5) is 21.9 Å². The second kappa shape index (κ2) is 11.9. The van der Waals surface area contributed by atoms with Crippen molar-refractivity contribution in [1.29, 1.82) is 0 Å². The number of likely N-dealkylation sites (tertiary alicyclic amines) is 1. The Morgan fingerprint density at radius 1 is 1.11 bits per heavy atom. The van der Waals surface area contributed by atoms with E-state index in [2.05, 4.69) is 15.6 Å². The Kier molecular flexibility index (Phi) is 7.99. The van der Waals surface area contributed by atoms with Gasteiger partial charge in [-0.3, -0.25) is 14.5 Å². The van der Waals surface area contributed by atoms with Gasteiger partial charge < -0.3 is 20.3 Å². The van der Waals surface area contributed by atoms with Crippen LogP contribution in [0.2, 0.25) is 0 Å². The summed E-state index contributed by atoms with van der Waals surface area (Å²) in [5.74, 6) is 0.531. The number of thiophene rings is 1. The highest BCUT2D eigenvalue weighted by Crippen LogP contribution is 2.46. The number of urea groups is 1. The first kappa shape index (κ1) is 29.6. The van der Waals surface area contributed by atoms with E-state index in [-0.39, 0.29) is 30.0 Å². The second-order valence-corrected chi connectivity index (χ2v) is 14.2. The third-order valence-corrected chi connectivity index (χ3v) is 9.68. The van der Waals surface area contributed by atoms with Crippen LogP contribution in [0.25, 0.3) is 10.2 Å². The first-order valence-electron chi connectivity index (χ1n) is 14.2. The molecule has 2 aliphatic rings. The van der Waals surface area contributed by atoms with Crippen molar-refractivity contribution in [3.8, 4) is 11.5 Å². The Hall–Kier alpha value is -4.49. The molecule has 1 saturated heterocycles. The van der Waals surface area contributed by atoms with Crippen molar-refractivity contribution < 1.29 is 27.5 Å². The van der Waals surface area contributed by atoms with Gasteiger partial charge in [-0.25, -0.2) is 18.2 Å². The summed E-state index contributed by atoms with van der Waals surface area (Å²) in [7, 11) is -3.25. The minimum Gasteiger partial charge on any atom is -0.457 e. The van der Waals surface area contributed by atoms with Gasteiger partial charge in [0, 0.05) is 38.0 Å². The second-order valence-electron chi connectivity index (χ2n) is 11.0. The Labute approximate surface area is 258 Å². The van der Waals surface area contributed by atoms with Gasteiger partial charge in [0.15, 0.2) is 0 Å². The lowest BCUT2D eigenvalue weighted by molar-refractivity contribution is -0.132. The van der Waals surface area contributed by atoms with Crippen LogP contribution in [0.3, 0.4) is 0 Å². The highest BCUT2D eigenvalue weighted by molar-refractivity contribution is 7.90. The summed E-state index contributed by atoms with van der Waals surface area (Å²) in [4.78, 5) is 48.3. The zero-order chi connectivity index (χ0) is 31.0. The number of ether oxygens (including phenoxy) is 1. The predicted octanol–water partition coefficient (Wildman–Crippen LogP) is 5.24. The molecule has 0 spiro atoms. The summed E-state index contributed by atoms with van der Waals surface area (Å²) in [6.07, 6.45) is 4.00. The van der Waals surface area contributed by atoms with Crippen LogP contribution < -0.4 is 20.3 Å². The van der Waals surface area contributed by atoms with Crippen LogP contribution in [-0.4, -0.2) is 67.3 Å². The molecule has 228 valence electrons. The third-order valence-electron chi connectivity index (χ3n) is 7.64. The van der Waals surface area contributed by atoms with Crippen molar-refractivity contribution in [3.63, 3.8) is 0 Å². The van der Waals surface area contributed by atoms with E-state index in [4.69, 9.17) is 4.74 Å². The van der Waals surface area contributed by atoms with Gasteiger partial charge in [-0.05, 0) is 61.7 Å². The number of pyridine rings is 1. The first-order chi connectivity index (χ1) is 21.1. The molecule has 6 rings (SSSR count). The van der Waals surface area contributed by atoms with Gasteiger partial charge in [-0.1, -0.05) is 18.2 Å². The molecule has 0 aliphatic carbocycles. The molecule has 11 nitrogen and oxygen atoms in total. The highest BCUT2D eigenvalue weighted by Gasteiger charge is 2.34. The van der Waals surface area contributed by atoms with E-state index in [1.807, 2.05) is 55.5 Å². The number of rotatable bonds is 8. The fourth-order valence-corrected chi connectivity index (χ4v) is 7.12. The van der Waals surface area contributed by atoms with E-state index in [0.717, 1.165) is 11.8 Å². The molecule has 4 amide bonds. The molecule has 2 N–H and O–H groups in total. The molecule has 0 radical (unpaired) electrons. The van der Waals surface area contributed by atoms with Gasteiger partial charge in [0.05, 0.1) is 28.2 Å². The number of carbonyl (C=O) groups excluding carboxylic acids is 3. The van der Waals surface area contributed by atoms with Crippen molar-refractivity contribution in [2.75, 3.05) is 35.3 Å². The van der Waals surface area contributed by atoms with Crippen molar-refractivity contribution in [2.45, 2.75) is 32.2 Å². The molecule has 2 aromatic carbocycles. The number of piperidine rings is 1. The minimum absolute atomic E-state index is 0.0841. The summed E-state index contributed by atoms with van der Waals surface area (Å²) in [5, 5.41) is 6.61. The summed E-state index contributed by atoms with van der Waals surface area (Å²) >= 11 is 1.19. The number of benzene rings is 2. The van der Waals surface area contributed by atoms with Gasteiger partial charge >= 0.3 is 6.03 Å². The van der Waals surface area contributed by atoms with Gasteiger partial charge in [-0.15, -0.1) is 11.3 Å². The van der Waals surface area contributed by atoms with Crippen LogP contribution in [-0.2, 0) is 14.6 Å². The predicted molar refractivity (Wildman–Crippen MR) is 170 cm³/mol. The van der Waals surface area contributed by atoms with E-state index >= 15 is 0 Å². The molecular weight excluding hydrogens is 603 g/mol. The quantitative estimate of drug-likeness (QED) is 0.271.